The number of aryl methyl sites for hydroxylation is 1. The van der Waals surface area contributed by atoms with Crippen LogP contribution in [0, 0.1) is 0 Å². The molecular weight excluding hydrogens is 374 g/mol. The van der Waals surface area contributed by atoms with E-state index >= 15 is 0 Å². The predicted octanol–water partition coefficient (Wildman–Crippen LogP) is 0.127. The van der Waals surface area contributed by atoms with Gasteiger partial charge in [-0.25, -0.2) is 18.1 Å². The highest BCUT2D eigenvalue weighted by Gasteiger charge is 2.21. The summed E-state index contributed by atoms with van der Waals surface area (Å²) < 4.78 is 29.7. The fourth-order valence-corrected chi connectivity index (χ4v) is 4.04. The number of nitrogens with one attached hydrogen (secondary N) is 2. The van der Waals surface area contributed by atoms with Gasteiger partial charge in [-0.05, 0) is 13.3 Å². The predicted molar refractivity (Wildman–Crippen MR) is 107 cm³/mol. The van der Waals surface area contributed by atoms with Crippen molar-refractivity contribution in [2.75, 3.05) is 57.0 Å². The van der Waals surface area contributed by atoms with Crippen LogP contribution in [0.25, 0.3) is 0 Å². The first-order chi connectivity index (χ1) is 12.5. The maximum absolute atomic E-state index is 11.4. The highest BCUT2D eigenvalue weighted by Crippen LogP contribution is 2.19. The largest absolute Gasteiger partial charge is 0.356 e. The summed E-state index contributed by atoms with van der Waals surface area (Å²) in [5.74, 6) is 1.87. The molecule has 2 rings (SSSR count). The fraction of sp³-hybridized carbons (Fsp3) is 0.800. The molecule has 11 heteroatoms. The Labute approximate surface area is 160 Å². The number of aromatic nitrogens is 2. The van der Waals surface area contributed by atoms with Gasteiger partial charge in [0.25, 0.3) is 0 Å². The standard InChI is InChI=1S/C15H29N7O2S2/c1-4-13-19-15(25-20-13)22-11-9-21(10-12-22)14(16-3)17-7-6-8-18-26(23,24)5-2/h18H,4-12H2,1-3H3,(H,16,17). The summed E-state index contributed by atoms with van der Waals surface area (Å²) in [5.41, 5.74) is 0. The van der Waals surface area contributed by atoms with Crippen LogP contribution in [-0.2, 0) is 16.4 Å². The lowest BCUT2D eigenvalue weighted by molar-refractivity contribution is 0.372. The van der Waals surface area contributed by atoms with Crippen molar-refractivity contribution in [2.45, 2.75) is 26.7 Å². The Balaban J connectivity index is 1.72. The molecule has 1 fully saturated rings. The minimum Gasteiger partial charge on any atom is -0.356 e. The zero-order valence-electron chi connectivity index (χ0n) is 15.7. The van der Waals surface area contributed by atoms with Crippen LogP contribution in [0.2, 0.25) is 0 Å². The van der Waals surface area contributed by atoms with Gasteiger partial charge in [0.05, 0.1) is 5.75 Å². The number of aliphatic imine (C=N–C) groups is 1. The minimum atomic E-state index is -3.11. The summed E-state index contributed by atoms with van der Waals surface area (Å²) in [6.07, 6.45) is 1.57. The van der Waals surface area contributed by atoms with Gasteiger partial charge < -0.3 is 15.1 Å². The lowest BCUT2D eigenvalue weighted by Crippen LogP contribution is -2.52. The third-order valence-corrected chi connectivity index (χ3v) is 6.39. The number of hydrogen-bond acceptors (Lipinski definition) is 7. The van der Waals surface area contributed by atoms with Crippen molar-refractivity contribution >= 4 is 32.6 Å². The average molecular weight is 404 g/mol. The van der Waals surface area contributed by atoms with Crippen LogP contribution in [0.5, 0.6) is 0 Å². The molecule has 0 radical (unpaired) electrons. The van der Waals surface area contributed by atoms with Gasteiger partial charge in [-0.3, -0.25) is 4.99 Å². The number of piperazine rings is 1. The van der Waals surface area contributed by atoms with Crippen molar-refractivity contribution in [1.29, 1.82) is 0 Å². The highest BCUT2D eigenvalue weighted by atomic mass is 32.2. The molecule has 1 aromatic heterocycles. The van der Waals surface area contributed by atoms with Crippen molar-refractivity contribution < 1.29 is 8.42 Å². The summed E-state index contributed by atoms with van der Waals surface area (Å²) in [6, 6.07) is 0. The number of anilines is 1. The smallest absolute Gasteiger partial charge is 0.211 e. The normalized spacial score (nSPS) is 16.2. The Hall–Kier alpha value is -1.46. The van der Waals surface area contributed by atoms with Crippen LogP contribution in [0.3, 0.4) is 0 Å². The molecule has 9 nitrogen and oxygen atoms in total. The van der Waals surface area contributed by atoms with Gasteiger partial charge >= 0.3 is 0 Å². The van der Waals surface area contributed by atoms with Crippen molar-refractivity contribution in [2.24, 2.45) is 4.99 Å². The second-order valence-electron chi connectivity index (χ2n) is 5.95. The number of nitrogens with zero attached hydrogens (tertiary/aromatic N) is 5. The third kappa shape index (κ3) is 6.06. The molecule has 0 spiro atoms. The van der Waals surface area contributed by atoms with E-state index in [1.165, 1.54) is 11.5 Å². The van der Waals surface area contributed by atoms with Crippen molar-refractivity contribution in [3.63, 3.8) is 0 Å². The Morgan fingerprint density at radius 3 is 2.54 bits per heavy atom. The summed E-state index contributed by atoms with van der Waals surface area (Å²) in [6.45, 7) is 8.30. The Kier molecular flexibility index (Phi) is 8.04. The van der Waals surface area contributed by atoms with E-state index in [0.717, 1.165) is 49.5 Å². The molecule has 1 aliphatic heterocycles. The van der Waals surface area contributed by atoms with Crippen LogP contribution < -0.4 is 14.9 Å². The zero-order valence-corrected chi connectivity index (χ0v) is 17.4. The van der Waals surface area contributed by atoms with Crippen LogP contribution in [-0.4, -0.2) is 80.7 Å². The molecule has 1 aromatic rings. The molecule has 0 aliphatic carbocycles. The van der Waals surface area contributed by atoms with E-state index in [1.54, 1.807) is 14.0 Å². The molecule has 148 valence electrons. The van der Waals surface area contributed by atoms with E-state index in [9.17, 15) is 8.42 Å². The van der Waals surface area contributed by atoms with E-state index in [0.29, 0.717) is 19.5 Å². The molecule has 0 bridgehead atoms. The van der Waals surface area contributed by atoms with E-state index < -0.39 is 10.0 Å². The lowest BCUT2D eigenvalue weighted by Gasteiger charge is -2.36. The second-order valence-corrected chi connectivity index (χ2v) is 8.77. The van der Waals surface area contributed by atoms with Crippen LogP contribution in [0.1, 0.15) is 26.1 Å². The number of guanidine groups is 1. The molecule has 26 heavy (non-hydrogen) atoms. The van der Waals surface area contributed by atoms with Crippen molar-refractivity contribution in [3.8, 4) is 0 Å². The van der Waals surface area contributed by atoms with E-state index in [1.807, 2.05) is 0 Å². The summed E-state index contributed by atoms with van der Waals surface area (Å²) in [4.78, 5) is 13.4. The van der Waals surface area contributed by atoms with Crippen LogP contribution in [0.4, 0.5) is 5.13 Å². The number of hydrogen-bond donors (Lipinski definition) is 2. The van der Waals surface area contributed by atoms with Crippen molar-refractivity contribution in [3.05, 3.63) is 5.82 Å². The molecular formula is C15H29N7O2S2. The van der Waals surface area contributed by atoms with E-state index in [4.69, 9.17) is 0 Å². The van der Waals surface area contributed by atoms with Gasteiger partial charge in [0.2, 0.25) is 15.2 Å². The number of rotatable bonds is 8. The van der Waals surface area contributed by atoms with Gasteiger partial charge in [-0.15, -0.1) is 0 Å². The molecule has 2 heterocycles. The monoisotopic (exact) mass is 403 g/mol. The SMILES string of the molecule is CCc1nsc(N2CCN(C(=NC)NCCCNS(=O)(=O)CC)CC2)n1. The molecule has 0 unspecified atom stereocenters. The molecule has 0 amide bonds. The zero-order chi connectivity index (χ0) is 19.0. The van der Waals surface area contributed by atoms with Crippen molar-refractivity contribution in [1.82, 2.24) is 24.3 Å². The topological polar surface area (TPSA) is 103 Å². The summed E-state index contributed by atoms with van der Waals surface area (Å²) in [5, 5.41) is 4.30. The molecule has 0 atom stereocenters. The first-order valence-corrected chi connectivity index (χ1v) is 11.4. The van der Waals surface area contributed by atoms with Gasteiger partial charge in [-0.2, -0.15) is 4.37 Å². The fourth-order valence-electron chi connectivity index (χ4n) is 2.58. The Bertz CT molecular complexity index is 682. The highest BCUT2D eigenvalue weighted by molar-refractivity contribution is 7.89. The van der Waals surface area contributed by atoms with Gasteiger partial charge in [0, 0.05) is 64.3 Å². The van der Waals surface area contributed by atoms with E-state index in [-0.39, 0.29) is 5.75 Å². The maximum Gasteiger partial charge on any atom is 0.211 e. The summed E-state index contributed by atoms with van der Waals surface area (Å²) in [7, 11) is -1.34. The van der Waals surface area contributed by atoms with Crippen LogP contribution >= 0.6 is 11.5 Å². The molecule has 0 aromatic carbocycles. The molecule has 0 saturated carbocycles. The molecule has 2 N–H and O–H groups in total. The maximum atomic E-state index is 11.4. The van der Waals surface area contributed by atoms with Gasteiger partial charge in [-0.1, -0.05) is 6.92 Å². The van der Waals surface area contributed by atoms with Gasteiger partial charge in [0.1, 0.15) is 5.82 Å². The minimum absolute atomic E-state index is 0.112. The second kappa shape index (κ2) is 10.0. The molecule has 1 aliphatic rings. The molecule has 1 saturated heterocycles. The summed E-state index contributed by atoms with van der Waals surface area (Å²) >= 11 is 1.46. The quantitative estimate of drug-likeness (QED) is 0.361. The first-order valence-electron chi connectivity index (χ1n) is 8.99. The Morgan fingerprint density at radius 2 is 1.96 bits per heavy atom. The van der Waals surface area contributed by atoms with E-state index in [2.05, 4.69) is 41.1 Å². The lowest BCUT2D eigenvalue weighted by atomic mass is 10.3. The third-order valence-electron chi connectivity index (χ3n) is 4.17. The first kappa shape index (κ1) is 20.8. The van der Waals surface area contributed by atoms with Crippen LogP contribution in [0.15, 0.2) is 4.99 Å². The van der Waals surface area contributed by atoms with Gasteiger partial charge in [0.15, 0.2) is 5.96 Å². The Morgan fingerprint density at radius 1 is 1.23 bits per heavy atom. The average Bonchev–Trinajstić information content (AvgIpc) is 3.14. The number of sulfonamides is 1.